The molecule has 3 aromatic rings. The van der Waals surface area contributed by atoms with Crippen LogP contribution in [-0.2, 0) is 4.74 Å². The van der Waals surface area contributed by atoms with Gasteiger partial charge in [-0.15, -0.1) is 0 Å². The third kappa shape index (κ3) is 4.88. The number of fused-ring (bicyclic) bond motifs is 1. The molecule has 0 bridgehead atoms. The van der Waals surface area contributed by atoms with Crippen molar-refractivity contribution in [1.29, 1.82) is 0 Å². The van der Waals surface area contributed by atoms with Crippen LogP contribution in [0.25, 0.3) is 17.0 Å². The fourth-order valence-electron chi connectivity index (χ4n) is 3.91. The maximum Gasteiger partial charge on any atom is 0.235 e. The second-order valence-corrected chi connectivity index (χ2v) is 7.65. The molecule has 0 spiro atoms. The highest BCUT2D eigenvalue weighted by atomic mass is 16.5. The van der Waals surface area contributed by atoms with Crippen LogP contribution in [0.2, 0.25) is 0 Å². The van der Waals surface area contributed by atoms with E-state index in [2.05, 4.69) is 26.8 Å². The van der Waals surface area contributed by atoms with Crippen molar-refractivity contribution in [1.82, 2.24) is 14.4 Å². The molecule has 1 aromatic carbocycles. The van der Waals surface area contributed by atoms with Crippen LogP contribution >= 0.6 is 0 Å². The summed E-state index contributed by atoms with van der Waals surface area (Å²) in [5, 5.41) is 3.76. The number of imidazole rings is 1. The number of hydrogen-bond donors (Lipinski definition) is 1. The second kappa shape index (κ2) is 9.74. The molecule has 1 aliphatic rings. The zero-order valence-electron chi connectivity index (χ0n) is 17.1. The summed E-state index contributed by atoms with van der Waals surface area (Å²) in [6.45, 7) is 1.48. The number of rotatable bonds is 9. The topological polar surface area (TPSA) is 60.7 Å². The number of nitrogens with one attached hydrogen (secondary N) is 1. The van der Waals surface area contributed by atoms with Crippen molar-refractivity contribution in [2.24, 2.45) is 0 Å². The zero-order chi connectivity index (χ0) is 19.9. The number of anilines is 1. The van der Waals surface area contributed by atoms with Gasteiger partial charge in [0, 0.05) is 37.7 Å². The molecule has 0 unspecified atom stereocenters. The highest BCUT2D eigenvalue weighted by molar-refractivity contribution is 5.76. The van der Waals surface area contributed by atoms with E-state index < -0.39 is 0 Å². The fourth-order valence-corrected chi connectivity index (χ4v) is 3.91. The summed E-state index contributed by atoms with van der Waals surface area (Å²) in [6, 6.07) is 10.7. The smallest absolute Gasteiger partial charge is 0.235 e. The molecular formula is C23H30N4O2. The van der Waals surface area contributed by atoms with E-state index in [4.69, 9.17) is 14.5 Å². The molecule has 0 atom stereocenters. The van der Waals surface area contributed by atoms with Crippen LogP contribution in [0.1, 0.15) is 44.9 Å². The van der Waals surface area contributed by atoms with Gasteiger partial charge in [-0.1, -0.05) is 19.3 Å². The molecule has 1 saturated carbocycles. The molecule has 2 aromatic heterocycles. The summed E-state index contributed by atoms with van der Waals surface area (Å²) in [6.07, 6.45) is 12.2. The Labute approximate surface area is 172 Å². The van der Waals surface area contributed by atoms with E-state index in [0.717, 1.165) is 48.1 Å². The van der Waals surface area contributed by atoms with Crippen LogP contribution in [0.15, 0.2) is 42.7 Å². The van der Waals surface area contributed by atoms with Crippen LogP contribution in [0.3, 0.4) is 0 Å². The average Bonchev–Trinajstić information content (AvgIpc) is 3.13. The Bertz CT molecular complexity index is 901. The van der Waals surface area contributed by atoms with Crippen LogP contribution in [0.4, 0.5) is 5.82 Å². The second-order valence-electron chi connectivity index (χ2n) is 7.65. The van der Waals surface area contributed by atoms with Crippen molar-refractivity contribution >= 4 is 11.6 Å². The quantitative estimate of drug-likeness (QED) is 0.521. The lowest BCUT2D eigenvalue weighted by atomic mass is 9.95. The van der Waals surface area contributed by atoms with Gasteiger partial charge in [-0.05, 0) is 56.0 Å². The van der Waals surface area contributed by atoms with Gasteiger partial charge in [0.2, 0.25) is 5.78 Å². The predicted octanol–water partition coefficient (Wildman–Crippen LogP) is 4.95. The maximum absolute atomic E-state index is 5.84. The van der Waals surface area contributed by atoms with Gasteiger partial charge < -0.3 is 14.8 Å². The number of hydrogen-bond acceptors (Lipinski definition) is 5. The first kappa shape index (κ1) is 19.7. The molecule has 0 amide bonds. The van der Waals surface area contributed by atoms with E-state index in [1.165, 1.54) is 32.1 Å². The SMILES string of the molecule is COCCCCOc1ccc(-c2nc3ncccn3c2NC2CCCCC2)cc1. The van der Waals surface area contributed by atoms with E-state index in [0.29, 0.717) is 12.6 Å². The van der Waals surface area contributed by atoms with Crippen LogP contribution in [0, 0.1) is 0 Å². The Balaban J connectivity index is 1.52. The Kier molecular flexibility index (Phi) is 6.62. The van der Waals surface area contributed by atoms with E-state index >= 15 is 0 Å². The Hall–Kier alpha value is -2.60. The molecule has 6 heteroatoms. The van der Waals surface area contributed by atoms with Gasteiger partial charge in [-0.25, -0.2) is 9.97 Å². The minimum atomic E-state index is 0.498. The van der Waals surface area contributed by atoms with Crippen molar-refractivity contribution < 1.29 is 9.47 Å². The zero-order valence-corrected chi connectivity index (χ0v) is 17.1. The van der Waals surface area contributed by atoms with Crippen LogP contribution in [0.5, 0.6) is 5.75 Å². The number of aromatic nitrogens is 3. The molecule has 2 heterocycles. The summed E-state index contributed by atoms with van der Waals surface area (Å²) < 4.78 is 13.0. The molecule has 154 valence electrons. The first-order valence-electron chi connectivity index (χ1n) is 10.7. The summed E-state index contributed by atoms with van der Waals surface area (Å²) in [4.78, 5) is 9.25. The lowest BCUT2D eigenvalue weighted by Gasteiger charge is -2.24. The molecule has 29 heavy (non-hydrogen) atoms. The van der Waals surface area contributed by atoms with Gasteiger partial charge in [0.25, 0.3) is 0 Å². The van der Waals surface area contributed by atoms with Gasteiger partial charge in [0.15, 0.2) is 0 Å². The van der Waals surface area contributed by atoms with E-state index in [1.807, 2.05) is 24.4 Å². The van der Waals surface area contributed by atoms with Crippen molar-refractivity contribution in [3.8, 4) is 17.0 Å². The minimum absolute atomic E-state index is 0.498. The molecule has 0 radical (unpaired) electrons. The average molecular weight is 395 g/mol. The number of methoxy groups -OCH3 is 1. The summed E-state index contributed by atoms with van der Waals surface area (Å²) >= 11 is 0. The Morgan fingerprint density at radius 2 is 1.86 bits per heavy atom. The van der Waals surface area contributed by atoms with E-state index in [-0.39, 0.29) is 0 Å². The number of unbranched alkanes of at least 4 members (excludes halogenated alkanes) is 1. The normalized spacial score (nSPS) is 14.9. The number of benzene rings is 1. The van der Waals surface area contributed by atoms with E-state index in [9.17, 15) is 0 Å². The molecule has 1 N–H and O–H groups in total. The Morgan fingerprint density at radius 1 is 1.07 bits per heavy atom. The Morgan fingerprint density at radius 3 is 2.66 bits per heavy atom. The molecule has 0 aliphatic heterocycles. The first-order chi connectivity index (χ1) is 14.3. The van der Waals surface area contributed by atoms with Crippen molar-refractivity contribution in [2.75, 3.05) is 25.6 Å². The molecule has 0 saturated heterocycles. The monoisotopic (exact) mass is 394 g/mol. The molecule has 6 nitrogen and oxygen atoms in total. The fraction of sp³-hybridized carbons (Fsp3) is 0.478. The summed E-state index contributed by atoms with van der Waals surface area (Å²) in [5.74, 6) is 2.64. The maximum atomic E-state index is 5.84. The van der Waals surface area contributed by atoms with Gasteiger partial charge in [-0.2, -0.15) is 0 Å². The van der Waals surface area contributed by atoms with Crippen LogP contribution < -0.4 is 10.1 Å². The lowest BCUT2D eigenvalue weighted by molar-refractivity contribution is 0.184. The van der Waals surface area contributed by atoms with Gasteiger partial charge >= 0.3 is 0 Å². The van der Waals surface area contributed by atoms with Gasteiger partial charge in [0.05, 0.1) is 6.61 Å². The summed E-state index contributed by atoms with van der Waals surface area (Å²) in [7, 11) is 1.73. The largest absolute Gasteiger partial charge is 0.494 e. The standard InChI is InChI=1S/C23H30N4O2/c1-28-16-5-6-17-29-20-12-10-18(11-13-20)21-22(25-19-8-3-2-4-9-19)27-15-7-14-24-23(27)26-21/h7,10-15,19,25H,2-6,8-9,16-17H2,1H3. The molecule has 4 rings (SSSR count). The molecule has 1 aliphatic carbocycles. The van der Waals surface area contributed by atoms with E-state index in [1.54, 1.807) is 13.3 Å². The molecule has 1 fully saturated rings. The van der Waals surface area contributed by atoms with Gasteiger partial charge in [-0.3, -0.25) is 4.40 Å². The van der Waals surface area contributed by atoms with Crippen molar-refractivity contribution in [3.63, 3.8) is 0 Å². The lowest BCUT2D eigenvalue weighted by Crippen LogP contribution is -2.23. The minimum Gasteiger partial charge on any atom is -0.494 e. The first-order valence-corrected chi connectivity index (χ1v) is 10.7. The van der Waals surface area contributed by atoms with Crippen molar-refractivity contribution in [2.45, 2.75) is 51.0 Å². The van der Waals surface area contributed by atoms with Gasteiger partial charge in [0.1, 0.15) is 17.3 Å². The third-order valence-electron chi connectivity index (χ3n) is 5.49. The third-order valence-corrected chi connectivity index (χ3v) is 5.49. The summed E-state index contributed by atoms with van der Waals surface area (Å²) in [5.41, 5.74) is 2.02. The number of nitrogens with zero attached hydrogens (tertiary/aromatic N) is 3. The highest BCUT2D eigenvalue weighted by Crippen LogP contribution is 2.32. The number of ether oxygens (including phenoxy) is 2. The van der Waals surface area contributed by atoms with Crippen molar-refractivity contribution in [3.05, 3.63) is 42.7 Å². The highest BCUT2D eigenvalue weighted by Gasteiger charge is 2.20. The molecular weight excluding hydrogens is 364 g/mol. The van der Waals surface area contributed by atoms with Crippen LogP contribution in [-0.4, -0.2) is 40.7 Å². The predicted molar refractivity (Wildman–Crippen MR) is 116 cm³/mol.